The number of nitrogens with zero attached hydrogens (tertiary/aromatic N) is 1. The molecule has 1 saturated heterocycles. The largest absolute Gasteiger partial charge is 0.508 e. The maximum atomic E-state index is 12.5. The SMILES string of the molecule is NC(=O)OCC1=C(C(=O)O)N2C(=O)[C@@H](NC(=O)C(N)c3ccc(O)cc3)[C@H]2SC1. The van der Waals surface area contributed by atoms with Gasteiger partial charge in [-0.1, -0.05) is 12.1 Å². The number of primary amides is 1. The van der Waals surface area contributed by atoms with Crippen molar-refractivity contribution in [2.45, 2.75) is 17.5 Å². The standard InChI is InChI=1S/C17H18N4O7S/c18-10(7-1-3-9(22)4-2-7)13(23)20-11-14(24)21-12(16(25)26)8(5-28-17(19)27)6-29-15(11)21/h1-4,10-11,15,22H,5-6,18H2,(H2,19,27)(H,20,23)(H,25,26)/t10?,11-,15-/m1/s1. The number of amides is 3. The molecule has 0 aliphatic carbocycles. The number of carbonyl (C=O) groups is 4. The van der Waals surface area contributed by atoms with E-state index in [9.17, 15) is 29.4 Å². The van der Waals surface area contributed by atoms with Crippen LogP contribution in [0.4, 0.5) is 4.79 Å². The molecule has 154 valence electrons. The molecule has 7 N–H and O–H groups in total. The fourth-order valence-corrected chi connectivity index (χ4v) is 4.36. The molecule has 0 saturated carbocycles. The van der Waals surface area contributed by atoms with Gasteiger partial charge in [-0.25, -0.2) is 9.59 Å². The number of carbonyl (C=O) groups excluding carboxylic acids is 3. The molecule has 0 bridgehead atoms. The van der Waals surface area contributed by atoms with Crippen molar-refractivity contribution in [3.63, 3.8) is 0 Å². The first-order valence-electron chi connectivity index (χ1n) is 8.37. The van der Waals surface area contributed by atoms with Crippen molar-refractivity contribution >= 4 is 35.6 Å². The first-order valence-corrected chi connectivity index (χ1v) is 9.42. The van der Waals surface area contributed by atoms with Crippen LogP contribution in [0.2, 0.25) is 0 Å². The van der Waals surface area contributed by atoms with Crippen molar-refractivity contribution in [2.24, 2.45) is 11.5 Å². The Morgan fingerprint density at radius 1 is 1.31 bits per heavy atom. The second-order valence-corrected chi connectivity index (χ2v) is 7.44. The maximum absolute atomic E-state index is 12.5. The van der Waals surface area contributed by atoms with Crippen molar-refractivity contribution in [1.29, 1.82) is 0 Å². The molecular weight excluding hydrogens is 404 g/mol. The molecule has 3 rings (SSSR count). The van der Waals surface area contributed by atoms with Gasteiger partial charge in [0.1, 0.15) is 35.5 Å². The number of nitrogens with two attached hydrogens (primary N) is 2. The average molecular weight is 422 g/mol. The minimum absolute atomic E-state index is 0.0221. The van der Waals surface area contributed by atoms with Crippen molar-refractivity contribution in [3.05, 3.63) is 41.1 Å². The highest BCUT2D eigenvalue weighted by Gasteiger charge is 2.54. The summed E-state index contributed by atoms with van der Waals surface area (Å²) >= 11 is 1.22. The van der Waals surface area contributed by atoms with E-state index in [2.05, 4.69) is 10.1 Å². The average Bonchev–Trinajstić information content (AvgIpc) is 2.69. The molecular formula is C17H18N4O7S. The topological polar surface area (TPSA) is 185 Å². The van der Waals surface area contributed by atoms with Gasteiger partial charge in [-0.15, -0.1) is 11.8 Å². The molecule has 2 aliphatic heterocycles. The molecule has 1 aromatic carbocycles. The number of ether oxygens (including phenoxy) is 1. The predicted octanol–water partition coefficient (Wildman–Crippen LogP) is -0.774. The lowest BCUT2D eigenvalue weighted by atomic mass is 10.0. The molecule has 2 aliphatic rings. The minimum atomic E-state index is -1.35. The summed E-state index contributed by atoms with van der Waals surface area (Å²) < 4.78 is 4.65. The lowest BCUT2D eigenvalue weighted by molar-refractivity contribution is -0.151. The Morgan fingerprint density at radius 3 is 2.55 bits per heavy atom. The maximum Gasteiger partial charge on any atom is 0.404 e. The predicted molar refractivity (Wildman–Crippen MR) is 100 cm³/mol. The third-order valence-corrected chi connectivity index (χ3v) is 5.81. The van der Waals surface area contributed by atoms with Gasteiger partial charge in [0.2, 0.25) is 5.91 Å². The molecule has 12 heteroatoms. The van der Waals surface area contributed by atoms with E-state index in [1.165, 1.54) is 36.0 Å². The normalized spacial score (nSPS) is 21.7. The van der Waals surface area contributed by atoms with Crippen molar-refractivity contribution in [2.75, 3.05) is 12.4 Å². The molecule has 1 aromatic rings. The van der Waals surface area contributed by atoms with Crippen LogP contribution in [0.3, 0.4) is 0 Å². The zero-order chi connectivity index (χ0) is 21.3. The van der Waals surface area contributed by atoms with Crippen molar-refractivity contribution in [3.8, 4) is 5.75 Å². The van der Waals surface area contributed by atoms with Gasteiger partial charge >= 0.3 is 12.1 Å². The zero-order valence-corrected chi connectivity index (χ0v) is 15.7. The van der Waals surface area contributed by atoms with Crippen molar-refractivity contribution in [1.82, 2.24) is 10.2 Å². The van der Waals surface area contributed by atoms with E-state index in [0.29, 0.717) is 5.56 Å². The van der Waals surface area contributed by atoms with Crippen LogP contribution in [0, 0.1) is 0 Å². The Bertz CT molecular complexity index is 902. The van der Waals surface area contributed by atoms with Crippen LogP contribution in [0.5, 0.6) is 5.75 Å². The van der Waals surface area contributed by atoms with Crippen LogP contribution in [0.25, 0.3) is 0 Å². The summed E-state index contributed by atoms with van der Waals surface area (Å²) in [5, 5.41) is 20.7. The fraction of sp³-hybridized carbons (Fsp3) is 0.294. The fourth-order valence-electron chi connectivity index (χ4n) is 3.03. The highest BCUT2D eigenvalue weighted by atomic mass is 32.2. The first-order chi connectivity index (χ1) is 13.7. The third kappa shape index (κ3) is 3.98. The van der Waals surface area contributed by atoms with Crippen LogP contribution >= 0.6 is 11.8 Å². The molecule has 2 heterocycles. The number of nitrogens with one attached hydrogen (secondary N) is 1. The van der Waals surface area contributed by atoms with E-state index in [0.717, 1.165) is 4.90 Å². The number of phenols is 1. The van der Waals surface area contributed by atoms with Gasteiger partial charge in [-0.3, -0.25) is 14.5 Å². The van der Waals surface area contributed by atoms with Crippen LogP contribution < -0.4 is 16.8 Å². The molecule has 29 heavy (non-hydrogen) atoms. The molecule has 3 amide bonds. The number of aliphatic carboxylic acids is 1. The number of benzene rings is 1. The van der Waals surface area contributed by atoms with Gasteiger partial charge in [0, 0.05) is 11.3 Å². The number of phenolic OH excluding ortho intramolecular Hbond substituents is 1. The Balaban J connectivity index is 1.71. The lowest BCUT2D eigenvalue weighted by Gasteiger charge is -2.49. The highest BCUT2D eigenvalue weighted by molar-refractivity contribution is 8.00. The quantitative estimate of drug-likeness (QED) is 0.367. The van der Waals surface area contributed by atoms with E-state index in [-0.39, 0.29) is 29.4 Å². The van der Waals surface area contributed by atoms with Crippen LogP contribution in [0.1, 0.15) is 11.6 Å². The second kappa shape index (κ2) is 8.01. The molecule has 0 radical (unpaired) electrons. The van der Waals surface area contributed by atoms with E-state index >= 15 is 0 Å². The third-order valence-electron chi connectivity index (χ3n) is 4.47. The van der Waals surface area contributed by atoms with Gasteiger partial charge in [0.25, 0.3) is 5.91 Å². The molecule has 1 unspecified atom stereocenters. The summed E-state index contributed by atoms with van der Waals surface area (Å²) in [5.74, 6) is -2.37. The second-order valence-electron chi connectivity index (χ2n) is 6.33. The first kappa shape index (κ1) is 20.5. The Hall–Kier alpha value is -3.25. The Labute approximate surface area is 168 Å². The van der Waals surface area contributed by atoms with Gasteiger partial charge in [-0.05, 0) is 17.7 Å². The number of carboxylic acids is 1. The molecule has 0 aromatic heterocycles. The molecule has 0 spiro atoms. The smallest absolute Gasteiger partial charge is 0.404 e. The van der Waals surface area contributed by atoms with E-state index in [4.69, 9.17) is 11.5 Å². The van der Waals surface area contributed by atoms with Gasteiger partial charge in [-0.2, -0.15) is 0 Å². The van der Waals surface area contributed by atoms with E-state index in [1.54, 1.807) is 0 Å². The number of carboxylic acid groups (broad SMARTS) is 1. The van der Waals surface area contributed by atoms with Crippen molar-refractivity contribution < 1.29 is 34.1 Å². The summed E-state index contributed by atoms with van der Waals surface area (Å²) in [6, 6.07) is 3.73. The number of rotatable bonds is 6. The number of fused-ring (bicyclic) bond motifs is 1. The monoisotopic (exact) mass is 422 g/mol. The molecule has 1 fully saturated rings. The number of aromatic hydroxyl groups is 1. The summed E-state index contributed by atoms with van der Waals surface area (Å²) in [5.41, 5.74) is 11.2. The summed E-state index contributed by atoms with van der Waals surface area (Å²) in [6.45, 7) is -0.344. The van der Waals surface area contributed by atoms with E-state index in [1.807, 2.05) is 0 Å². The number of β-lactam (4-membered cyclic amide) rings is 1. The molecule has 11 nitrogen and oxygen atoms in total. The Kier molecular flexibility index (Phi) is 5.66. The summed E-state index contributed by atoms with van der Waals surface area (Å²) in [6.07, 6.45) is -1.06. The van der Waals surface area contributed by atoms with Crippen LogP contribution in [0.15, 0.2) is 35.5 Å². The van der Waals surface area contributed by atoms with E-state index < -0.39 is 41.3 Å². The minimum Gasteiger partial charge on any atom is -0.508 e. The van der Waals surface area contributed by atoms with Gasteiger partial charge < -0.3 is 31.7 Å². The van der Waals surface area contributed by atoms with Gasteiger partial charge in [0.15, 0.2) is 0 Å². The van der Waals surface area contributed by atoms with Crippen LogP contribution in [-0.2, 0) is 19.1 Å². The number of hydrogen-bond donors (Lipinski definition) is 5. The highest BCUT2D eigenvalue weighted by Crippen LogP contribution is 2.40. The van der Waals surface area contributed by atoms with Crippen LogP contribution in [-0.4, -0.2) is 62.8 Å². The molecule has 3 atom stereocenters. The zero-order valence-electron chi connectivity index (χ0n) is 14.9. The Morgan fingerprint density at radius 2 is 1.97 bits per heavy atom. The summed E-state index contributed by atoms with van der Waals surface area (Å²) in [7, 11) is 0. The summed E-state index contributed by atoms with van der Waals surface area (Å²) in [4.78, 5) is 48.4. The van der Waals surface area contributed by atoms with Gasteiger partial charge in [0.05, 0.1) is 0 Å². The number of thioether (sulfide) groups is 1. The lowest BCUT2D eigenvalue weighted by Crippen LogP contribution is -2.71. The number of hydrogen-bond acceptors (Lipinski definition) is 8.